The van der Waals surface area contributed by atoms with Crippen LogP contribution >= 0.6 is 11.3 Å². The average molecular weight is 415 g/mol. The number of anilines is 2. The van der Waals surface area contributed by atoms with Crippen LogP contribution in [-0.2, 0) is 0 Å². The Balaban J connectivity index is 1.49. The molecule has 2 aromatic carbocycles. The summed E-state index contributed by atoms with van der Waals surface area (Å²) in [6, 6.07) is 20.9. The van der Waals surface area contributed by atoms with Crippen LogP contribution in [0.4, 0.5) is 11.4 Å². The highest BCUT2D eigenvalue weighted by molar-refractivity contribution is 7.12. The van der Waals surface area contributed by atoms with Crippen molar-refractivity contribution < 1.29 is 4.79 Å². The van der Waals surface area contributed by atoms with Gasteiger partial charge in [-0.2, -0.15) is 0 Å². The summed E-state index contributed by atoms with van der Waals surface area (Å²) in [5.41, 5.74) is 4.09. The fraction of sp³-hybridized carbons (Fsp3) is 0.269. The number of hydrogen-bond donors (Lipinski definition) is 1. The summed E-state index contributed by atoms with van der Waals surface area (Å²) in [6.45, 7) is 4.83. The van der Waals surface area contributed by atoms with E-state index in [9.17, 15) is 4.79 Å². The van der Waals surface area contributed by atoms with Crippen LogP contribution in [0.15, 0.2) is 72.8 Å². The predicted octanol–water partition coefficient (Wildman–Crippen LogP) is 6.55. The molecule has 3 unspecified atom stereocenters. The number of aryl methyl sites for hydroxylation is 1. The molecule has 0 fully saturated rings. The monoisotopic (exact) mass is 414 g/mol. The number of hydrogen-bond acceptors (Lipinski definition) is 3. The molecule has 0 radical (unpaired) electrons. The highest BCUT2D eigenvalue weighted by atomic mass is 32.1. The summed E-state index contributed by atoms with van der Waals surface area (Å²) >= 11 is 1.88. The summed E-state index contributed by atoms with van der Waals surface area (Å²) in [5.74, 6) is 0.909. The average Bonchev–Trinajstić information content (AvgIpc) is 3.43. The van der Waals surface area contributed by atoms with Gasteiger partial charge in [-0.25, -0.2) is 0 Å². The smallest absolute Gasteiger partial charge is 0.258 e. The van der Waals surface area contributed by atoms with Gasteiger partial charge in [0.05, 0.1) is 6.04 Å². The van der Waals surface area contributed by atoms with Crippen molar-refractivity contribution in [1.82, 2.24) is 0 Å². The Labute approximate surface area is 182 Å². The van der Waals surface area contributed by atoms with Crippen molar-refractivity contribution in [2.24, 2.45) is 5.92 Å². The molecular formula is C26H26N2OS. The summed E-state index contributed by atoms with van der Waals surface area (Å²) in [6.07, 6.45) is 5.71. The van der Waals surface area contributed by atoms with E-state index in [-0.39, 0.29) is 5.91 Å². The van der Waals surface area contributed by atoms with Crippen LogP contribution in [0, 0.1) is 12.8 Å². The molecule has 4 heteroatoms. The zero-order valence-electron chi connectivity index (χ0n) is 17.3. The maximum Gasteiger partial charge on any atom is 0.258 e. The molecule has 1 aromatic heterocycles. The number of nitrogens with one attached hydrogen (secondary N) is 1. The lowest BCUT2D eigenvalue weighted by Crippen LogP contribution is -2.32. The highest BCUT2D eigenvalue weighted by Crippen LogP contribution is 2.51. The Morgan fingerprint density at radius 2 is 1.97 bits per heavy atom. The summed E-state index contributed by atoms with van der Waals surface area (Å²) in [7, 11) is 0. The Bertz CT molecular complexity index is 1100. The summed E-state index contributed by atoms with van der Waals surface area (Å²) in [4.78, 5) is 17.9. The van der Waals surface area contributed by atoms with E-state index in [1.54, 1.807) is 0 Å². The van der Waals surface area contributed by atoms with Crippen molar-refractivity contribution in [2.75, 3.05) is 16.8 Å². The first-order chi connectivity index (χ1) is 14.7. The number of rotatable bonds is 4. The summed E-state index contributed by atoms with van der Waals surface area (Å²) < 4.78 is 0. The Morgan fingerprint density at radius 3 is 2.70 bits per heavy atom. The molecule has 0 saturated heterocycles. The molecule has 0 bridgehead atoms. The third-order valence-electron chi connectivity index (χ3n) is 6.31. The minimum atomic E-state index is 0.0565. The fourth-order valence-corrected chi connectivity index (χ4v) is 5.84. The molecule has 2 heterocycles. The fourth-order valence-electron chi connectivity index (χ4n) is 4.84. The van der Waals surface area contributed by atoms with Gasteiger partial charge in [-0.15, -0.1) is 11.3 Å². The van der Waals surface area contributed by atoms with Crippen LogP contribution in [0.2, 0.25) is 0 Å². The molecule has 1 aliphatic carbocycles. The number of benzene rings is 2. The van der Waals surface area contributed by atoms with E-state index >= 15 is 0 Å². The van der Waals surface area contributed by atoms with E-state index in [1.807, 2.05) is 59.6 Å². The molecule has 3 nitrogen and oxygen atoms in total. The number of carbonyl (C=O) groups is 1. The lowest BCUT2D eigenvalue weighted by molar-refractivity contribution is 0.0988. The molecule has 0 saturated carbocycles. The maximum atomic E-state index is 13.3. The standard InChI is InChI=1S/C26H26N2OS/c1-3-28(19-8-5-4-6-9-19)26(29)18-13-14-23-22(16-18)20-10-7-11-21(20)25(27-23)24-15-12-17(2)30-24/h4-10,12-16,20-21,25,27H,3,11H2,1-2H3. The SMILES string of the molecule is CCN(C(=O)c1ccc2c(c1)C1C=CCC1C(c1ccc(C)s1)N2)c1ccccc1. The molecule has 3 aromatic rings. The van der Waals surface area contributed by atoms with Crippen molar-refractivity contribution in [1.29, 1.82) is 0 Å². The van der Waals surface area contributed by atoms with Gasteiger partial charge in [0, 0.05) is 39.2 Å². The molecule has 1 aliphatic heterocycles. The molecule has 1 N–H and O–H groups in total. The van der Waals surface area contributed by atoms with Crippen molar-refractivity contribution in [3.05, 3.63) is 93.7 Å². The van der Waals surface area contributed by atoms with Gasteiger partial charge in [0.2, 0.25) is 0 Å². The maximum absolute atomic E-state index is 13.3. The number of carbonyl (C=O) groups excluding carboxylic acids is 1. The Kier molecular flexibility index (Phi) is 4.95. The van der Waals surface area contributed by atoms with Gasteiger partial charge in [0.15, 0.2) is 0 Å². The lowest BCUT2D eigenvalue weighted by atomic mass is 9.78. The van der Waals surface area contributed by atoms with Gasteiger partial charge in [-0.3, -0.25) is 4.79 Å². The zero-order valence-corrected chi connectivity index (χ0v) is 18.2. The topological polar surface area (TPSA) is 32.3 Å². The first kappa shape index (κ1) is 19.1. The third kappa shape index (κ3) is 3.25. The van der Waals surface area contributed by atoms with Crippen LogP contribution < -0.4 is 10.2 Å². The zero-order chi connectivity index (χ0) is 20.7. The van der Waals surface area contributed by atoms with E-state index in [2.05, 4.69) is 48.7 Å². The number of para-hydroxylation sites is 1. The molecule has 3 atom stereocenters. The number of nitrogens with zero attached hydrogens (tertiary/aromatic N) is 1. The minimum absolute atomic E-state index is 0.0565. The molecule has 5 rings (SSSR count). The van der Waals surface area contributed by atoms with Crippen molar-refractivity contribution >= 4 is 28.6 Å². The number of thiophene rings is 1. The summed E-state index contributed by atoms with van der Waals surface area (Å²) in [5, 5.41) is 3.78. The molecule has 0 spiro atoms. The van der Waals surface area contributed by atoms with Crippen LogP contribution in [0.3, 0.4) is 0 Å². The van der Waals surface area contributed by atoms with E-state index in [4.69, 9.17) is 0 Å². The highest BCUT2D eigenvalue weighted by Gasteiger charge is 2.38. The molecule has 30 heavy (non-hydrogen) atoms. The van der Waals surface area contributed by atoms with E-state index < -0.39 is 0 Å². The van der Waals surface area contributed by atoms with Crippen molar-refractivity contribution in [2.45, 2.75) is 32.2 Å². The van der Waals surface area contributed by atoms with Gasteiger partial charge >= 0.3 is 0 Å². The second kappa shape index (κ2) is 7.77. The van der Waals surface area contributed by atoms with E-state index in [0.717, 1.165) is 23.4 Å². The van der Waals surface area contributed by atoms with Crippen LogP contribution in [0.1, 0.15) is 51.0 Å². The molecular weight excluding hydrogens is 388 g/mol. The van der Waals surface area contributed by atoms with Gasteiger partial charge in [0.25, 0.3) is 5.91 Å². The third-order valence-corrected chi connectivity index (χ3v) is 7.39. The number of allylic oxidation sites excluding steroid dienone is 2. The van der Waals surface area contributed by atoms with Gasteiger partial charge in [0.1, 0.15) is 0 Å². The van der Waals surface area contributed by atoms with Crippen molar-refractivity contribution in [3.63, 3.8) is 0 Å². The first-order valence-corrected chi connectivity index (χ1v) is 11.5. The normalized spacial score (nSPS) is 21.6. The minimum Gasteiger partial charge on any atom is -0.377 e. The van der Waals surface area contributed by atoms with Gasteiger partial charge < -0.3 is 10.2 Å². The van der Waals surface area contributed by atoms with Crippen molar-refractivity contribution in [3.8, 4) is 0 Å². The van der Waals surface area contributed by atoms with Crippen LogP contribution in [0.25, 0.3) is 0 Å². The lowest BCUT2D eigenvalue weighted by Gasteiger charge is -2.37. The number of fused-ring (bicyclic) bond motifs is 3. The van der Waals surface area contributed by atoms with Gasteiger partial charge in [-0.1, -0.05) is 30.4 Å². The second-order valence-electron chi connectivity index (χ2n) is 8.11. The molecule has 1 amide bonds. The van der Waals surface area contributed by atoms with E-state index in [1.165, 1.54) is 15.3 Å². The number of amides is 1. The second-order valence-corrected chi connectivity index (χ2v) is 9.43. The Hall–Kier alpha value is -2.85. The van der Waals surface area contributed by atoms with Crippen LogP contribution in [0.5, 0.6) is 0 Å². The predicted molar refractivity (Wildman–Crippen MR) is 126 cm³/mol. The van der Waals surface area contributed by atoms with Crippen LogP contribution in [-0.4, -0.2) is 12.5 Å². The first-order valence-electron chi connectivity index (χ1n) is 10.7. The van der Waals surface area contributed by atoms with Gasteiger partial charge in [-0.05, 0) is 74.2 Å². The molecule has 152 valence electrons. The quantitative estimate of drug-likeness (QED) is 0.491. The Morgan fingerprint density at radius 1 is 1.13 bits per heavy atom. The molecule has 2 aliphatic rings. The largest absolute Gasteiger partial charge is 0.377 e. The van der Waals surface area contributed by atoms with E-state index in [0.29, 0.717) is 24.4 Å².